The highest BCUT2D eigenvalue weighted by Crippen LogP contribution is 2.23. The van der Waals surface area contributed by atoms with E-state index in [0.29, 0.717) is 5.56 Å². The van der Waals surface area contributed by atoms with E-state index in [-0.39, 0.29) is 0 Å². The molecule has 3 rings (SSSR count). The average Bonchev–Trinajstić information content (AvgIpc) is 2.79. The summed E-state index contributed by atoms with van der Waals surface area (Å²) in [6, 6.07) is 9.43. The summed E-state index contributed by atoms with van der Waals surface area (Å²) in [5.74, 6) is -0.438. The standard InChI is InChI=1S/C13H10N4O/c14-13(18)11-8-17(9-5-6-15-16-7-9)12-4-2-1-3-10(11)12/h1-8H,(H2,14,18). The van der Waals surface area contributed by atoms with Crippen molar-refractivity contribution < 1.29 is 4.79 Å². The molecule has 0 aliphatic heterocycles. The normalized spacial score (nSPS) is 10.7. The van der Waals surface area contributed by atoms with E-state index in [2.05, 4.69) is 10.2 Å². The lowest BCUT2D eigenvalue weighted by molar-refractivity contribution is 0.100. The number of rotatable bonds is 2. The molecule has 0 radical (unpaired) electrons. The monoisotopic (exact) mass is 238 g/mol. The van der Waals surface area contributed by atoms with Gasteiger partial charge in [-0.1, -0.05) is 18.2 Å². The van der Waals surface area contributed by atoms with Gasteiger partial charge in [-0.3, -0.25) is 4.79 Å². The number of benzene rings is 1. The molecule has 0 aliphatic carbocycles. The zero-order chi connectivity index (χ0) is 12.5. The van der Waals surface area contributed by atoms with E-state index >= 15 is 0 Å². The lowest BCUT2D eigenvalue weighted by atomic mass is 10.2. The molecule has 0 saturated carbocycles. The third-order valence-electron chi connectivity index (χ3n) is 2.82. The minimum atomic E-state index is -0.438. The van der Waals surface area contributed by atoms with Crippen molar-refractivity contribution in [2.75, 3.05) is 0 Å². The van der Waals surface area contributed by atoms with Crippen LogP contribution in [0.1, 0.15) is 10.4 Å². The van der Waals surface area contributed by atoms with Gasteiger partial charge in [-0.25, -0.2) is 0 Å². The maximum Gasteiger partial charge on any atom is 0.250 e. The van der Waals surface area contributed by atoms with E-state index < -0.39 is 5.91 Å². The van der Waals surface area contributed by atoms with Crippen LogP contribution in [-0.2, 0) is 0 Å². The molecule has 0 saturated heterocycles. The highest BCUT2D eigenvalue weighted by molar-refractivity contribution is 6.06. The van der Waals surface area contributed by atoms with Crippen molar-refractivity contribution in [2.45, 2.75) is 0 Å². The molecule has 2 N–H and O–H groups in total. The smallest absolute Gasteiger partial charge is 0.250 e. The molecule has 0 bridgehead atoms. The summed E-state index contributed by atoms with van der Waals surface area (Å²) >= 11 is 0. The van der Waals surface area contributed by atoms with Crippen molar-refractivity contribution in [1.82, 2.24) is 14.8 Å². The van der Waals surface area contributed by atoms with Crippen LogP contribution >= 0.6 is 0 Å². The molecular weight excluding hydrogens is 228 g/mol. The van der Waals surface area contributed by atoms with Gasteiger partial charge in [0.15, 0.2) is 0 Å². The molecule has 1 aromatic carbocycles. The van der Waals surface area contributed by atoms with Crippen molar-refractivity contribution in [1.29, 1.82) is 0 Å². The van der Waals surface area contributed by atoms with Gasteiger partial charge in [-0.05, 0) is 12.1 Å². The predicted octanol–water partition coefficient (Wildman–Crippen LogP) is 1.52. The molecule has 5 nitrogen and oxygen atoms in total. The fraction of sp³-hybridized carbons (Fsp3) is 0. The Labute approximate surface area is 103 Å². The first-order valence-corrected chi connectivity index (χ1v) is 5.44. The van der Waals surface area contributed by atoms with Gasteiger partial charge in [0.05, 0.1) is 29.2 Å². The molecule has 5 heteroatoms. The van der Waals surface area contributed by atoms with E-state index in [4.69, 9.17) is 5.73 Å². The number of carbonyl (C=O) groups is 1. The summed E-state index contributed by atoms with van der Waals surface area (Å²) in [6.45, 7) is 0. The fourth-order valence-corrected chi connectivity index (χ4v) is 2.02. The van der Waals surface area contributed by atoms with Crippen molar-refractivity contribution in [2.24, 2.45) is 5.73 Å². The minimum absolute atomic E-state index is 0.438. The van der Waals surface area contributed by atoms with Crippen LogP contribution in [0.3, 0.4) is 0 Å². The quantitative estimate of drug-likeness (QED) is 0.735. The molecule has 0 unspecified atom stereocenters. The Morgan fingerprint density at radius 2 is 2.00 bits per heavy atom. The number of carbonyl (C=O) groups excluding carboxylic acids is 1. The lowest BCUT2D eigenvalue weighted by Crippen LogP contribution is -2.10. The van der Waals surface area contributed by atoms with Crippen LogP contribution in [-0.4, -0.2) is 20.7 Å². The van der Waals surface area contributed by atoms with Gasteiger partial charge in [0.1, 0.15) is 0 Å². The number of hydrogen-bond donors (Lipinski definition) is 1. The largest absolute Gasteiger partial charge is 0.366 e. The number of para-hydroxylation sites is 1. The maximum atomic E-state index is 11.4. The number of aromatic nitrogens is 3. The second kappa shape index (κ2) is 3.96. The Kier molecular flexibility index (Phi) is 2.30. The van der Waals surface area contributed by atoms with Crippen LogP contribution in [0.4, 0.5) is 0 Å². The number of primary amides is 1. The van der Waals surface area contributed by atoms with Gasteiger partial charge in [-0.2, -0.15) is 10.2 Å². The molecule has 3 aromatic rings. The van der Waals surface area contributed by atoms with Crippen molar-refractivity contribution in [3.63, 3.8) is 0 Å². The van der Waals surface area contributed by atoms with E-state index in [9.17, 15) is 4.79 Å². The highest BCUT2D eigenvalue weighted by atomic mass is 16.1. The molecule has 0 spiro atoms. The van der Waals surface area contributed by atoms with Crippen LogP contribution in [0.25, 0.3) is 16.6 Å². The summed E-state index contributed by atoms with van der Waals surface area (Å²) < 4.78 is 1.88. The van der Waals surface area contributed by atoms with E-state index in [0.717, 1.165) is 16.6 Å². The van der Waals surface area contributed by atoms with Crippen LogP contribution in [0.5, 0.6) is 0 Å². The van der Waals surface area contributed by atoms with Crippen molar-refractivity contribution in [3.8, 4) is 5.69 Å². The molecule has 88 valence electrons. The first kappa shape index (κ1) is 10.5. The van der Waals surface area contributed by atoms with Crippen LogP contribution in [0.15, 0.2) is 48.9 Å². The van der Waals surface area contributed by atoms with E-state index in [1.54, 1.807) is 18.6 Å². The second-order valence-corrected chi connectivity index (χ2v) is 3.89. The number of amides is 1. The third kappa shape index (κ3) is 1.53. The molecule has 0 atom stereocenters. The molecule has 18 heavy (non-hydrogen) atoms. The van der Waals surface area contributed by atoms with Crippen LogP contribution in [0, 0.1) is 0 Å². The summed E-state index contributed by atoms with van der Waals surface area (Å²) in [5.41, 5.74) is 7.65. The summed E-state index contributed by atoms with van der Waals surface area (Å²) in [6.07, 6.45) is 4.97. The first-order chi connectivity index (χ1) is 8.77. The second-order valence-electron chi connectivity index (χ2n) is 3.89. The van der Waals surface area contributed by atoms with Gasteiger partial charge in [0, 0.05) is 11.6 Å². The summed E-state index contributed by atoms with van der Waals surface area (Å²) in [5, 5.41) is 8.41. The Morgan fingerprint density at radius 3 is 2.72 bits per heavy atom. The molecule has 0 fully saturated rings. The van der Waals surface area contributed by atoms with Crippen molar-refractivity contribution >= 4 is 16.8 Å². The Balaban J connectivity index is 2.34. The minimum Gasteiger partial charge on any atom is -0.366 e. The third-order valence-corrected chi connectivity index (χ3v) is 2.82. The van der Waals surface area contributed by atoms with Gasteiger partial charge in [-0.15, -0.1) is 0 Å². The number of fused-ring (bicyclic) bond motifs is 1. The predicted molar refractivity (Wildman–Crippen MR) is 67.4 cm³/mol. The zero-order valence-corrected chi connectivity index (χ0v) is 9.45. The topological polar surface area (TPSA) is 73.8 Å². The van der Waals surface area contributed by atoms with E-state index in [1.807, 2.05) is 34.9 Å². The van der Waals surface area contributed by atoms with E-state index in [1.165, 1.54) is 0 Å². The van der Waals surface area contributed by atoms with Crippen LogP contribution < -0.4 is 5.73 Å². The lowest BCUT2D eigenvalue weighted by Gasteiger charge is -2.02. The highest BCUT2D eigenvalue weighted by Gasteiger charge is 2.12. The van der Waals surface area contributed by atoms with Gasteiger partial charge < -0.3 is 10.3 Å². The average molecular weight is 238 g/mol. The fourth-order valence-electron chi connectivity index (χ4n) is 2.02. The van der Waals surface area contributed by atoms with Gasteiger partial charge >= 0.3 is 0 Å². The van der Waals surface area contributed by atoms with Gasteiger partial charge in [0.2, 0.25) is 0 Å². The molecule has 2 aromatic heterocycles. The Bertz CT molecular complexity index is 718. The molecular formula is C13H10N4O. The number of hydrogen-bond acceptors (Lipinski definition) is 3. The van der Waals surface area contributed by atoms with Crippen LogP contribution in [0.2, 0.25) is 0 Å². The number of nitrogens with two attached hydrogens (primary N) is 1. The van der Waals surface area contributed by atoms with Crippen molar-refractivity contribution in [3.05, 3.63) is 54.5 Å². The van der Waals surface area contributed by atoms with Gasteiger partial charge in [0.25, 0.3) is 5.91 Å². The summed E-state index contributed by atoms with van der Waals surface area (Å²) in [4.78, 5) is 11.4. The Hall–Kier alpha value is -2.69. The zero-order valence-electron chi connectivity index (χ0n) is 9.45. The maximum absolute atomic E-state index is 11.4. The summed E-state index contributed by atoms with van der Waals surface area (Å²) in [7, 11) is 0. The Morgan fingerprint density at radius 1 is 1.17 bits per heavy atom. The first-order valence-electron chi connectivity index (χ1n) is 5.44. The number of nitrogens with zero attached hydrogens (tertiary/aromatic N) is 3. The molecule has 2 heterocycles. The molecule has 1 amide bonds. The SMILES string of the molecule is NC(=O)c1cn(-c2ccnnc2)c2ccccc12. The molecule has 0 aliphatic rings.